The summed E-state index contributed by atoms with van der Waals surface area (Å²) in [7, 11) is 0. The van der Waals surface area contributed by atoms with Gasteiger partial charge in [0.1, 0.15) is 17.1 Å². The normalized spacial score (nSPS) is 10.8. The monoisotopic (exact) mass is 300 g/mol. The van der Waals surface area contributed by atoms with Crippen molar-refractivity contribution in [2.24, 2.45) is 0 Å². The molecule has 1 aromatic carbocycles. The van der Waals surface area contributed by atoms with Crippen LogP contribution in [0.2, 0.25) is 5.02 Å². The van der Waals surface area contributed by atoms with E-state index in [1.807, 2.05) is 27.7 Å². The first-order chi connectivity index (χ1) is 9.35. The van der Waals surface area contributed by atoms with E-state index in [2.05, 4.69) is 0 Å². The summed E-state index contributed by atoms with van der Waals surface area (Å²) in [5, 5.41) is 0.405. The van der Waals surface area contributed by atoms with Gasteiger partial charge in [-0.05, 0) is 40.7 Å². The summed E-state index contributed by atoms with van der Waals surface area (Å²) in [6.07, 6.45) is -0.115. The van der Waals surface area contributed by atoms with Crippen LogP contribution in [-0.2, 0) is 4.74 Å². The van der Waals surface area contributed by atoms with Gasteiger partial charge in [0.15, 0.2) is 0 Å². The third-order valence-electron chi connectivity index (χ3n) is 2.25. The molecule has 0 aliphatic heterocycles. The first kappa shape index (κ1) is 16.6. The van der Waals surface area contributed by atoms with Crippen LogP contribution in [0.5, 0.6) is 11.5 Å². The number of carbonyl (C=O) groups excluding carboxylic acids is 1. The SMILES string of the molecule is CCOC(=O)c1cc(OC(C)C)c(Cl)cc1OC(C)C. The van der Waals surface area contributed by atoms with Crippen molar-refractivity contribution in [3.63, 3.8) is 0 Å². The van der Waals surface area contributed by atoms with Crippen molar-refractivity contribution in [1.29, 1.82) is 0 Å². The Bertz CT molecular complexity index is 469. The molecule has 0 unspecified atom stereocenters. The van der Waals surface area contributed by atoms with Gasteiger partial charge >= 0.3 is 5.97 Å². The second-order valence-electron chi connectivity index (χ2n) is 4.83. The number of rotatable bonds is 6. The van der Waals surface area contributed by atoms with Gasteiger partial charge in [-0.25, -0.2) is 4.79 Å². The Hall–Kier alpha value is -1.42. The summed E-state index contributed by atoms with van der Waals surface area (Å²) < 4.78 is 16.2. The van der Waals surface area contributed by atoms with Crippen molar-refractivity contribution in [2.45, 2.75) is 46.8 Å². The molecule has 112 valence electrons. The standard InChI is InChI=1S/C15H21ClO4/c1-6-18-15(17)11-7-14(20-10(4)5)12(16)8-13(11)19-9(2)3/h7-10H,6H2,1-5H3. The first-order valence-electron chi connectivity index (χ1n) is 6.69. The van der Waals surface area contributed by atoms with E-state index in [-0.39, 0.29) is 12.2 Å². The van der Waals surface area contributed by atoms with Gasteiger partial charge in [-0.2, -0.15) is 0 Å². The lowest BCUT2D eigenvalue weighted by molar-refractivity contribution is 0.0519. The maximum absolute atomic E-state index is 12.0. The molecule has 20 heavy (non-hydrogen) atoms. The molecule has 0 saturated heterocycles. The zero-order valence-corrected chi connectivity index (χ0v) is 13.3. The maximum Gasteiger partial charge on any atom is 0.342 e. The first-order valence-corrected chi connectivity index (χ1v) is 7.06. The maximum atomic E-state index is 12.0. The number of esters is 1. The smallest absolute Gasteiger partial charge is 0.342 e. The average molecular weight is 301 g/mol. The van der Waals surface area contributed by atoms with Gasteiger partial charge in [-0.1, -0.05) is 11.6 Å². The molecule has 0 N–H and O–H groups in total. The summed E-state index contributed by atoms with van der Waals surface area (Å²) >= 11 is 6.15. The van der Waals surface area contributed by atoms with Crippen LogP contribution >= 0.6 is 11.6 Å². The molecular weight excluding hydrogens is 280 g/mol. The molecule has 5 heteroatoms. The highest BCUT2D eigenvalue weighted by molar-refractivity contribution is 6.32. The molecule has 1 rings (SSSR count). The zero-order chi connectivity index (χ0) is 15.3. The molecule has 0 aromatic heterocycles. The van der Waals surface area contributed by atoms with E-state index in [4.69, 9.17) is 25.8 Å². The average Bonchev–Trinajstić information content (AvgIpc) is 2.31. The number of hydrogen-bond acceptors (Lipinski definition) is 4. The second-order valence-corrected chi connectivity index (χ2v) is 5.24. The highest BCUT2D eigenvalue weighted by atomic mass is 35.5. The number of carbonyl (C=O) groups is 1. The third kappa shape index (κ3) is 4.60. The quantitative estimate of drug-likeness (QED) is 0.742. The van der Waals surface area contributed by atoms with Gasteiger partial charge in [-0.3, -0.25) is 0 Å². The second kappa shape index (κ2) is 7.39. The van der Waals surface area contributed by atoms with Crippen molar-refractivity contribution < 1.29 is 19.0 Å². The van der Waals surface area contributed by atoms with Crippen LogP contribution in [0.4, 0.5) is 0 Å². The minimum Gasteiger partial charge on any atom is -0.490 e. The molecule has 0 bridgehead atoms. The Morgan fingerprint density at radius 2 is 1.65 bits per heavy atom. The summed E-state index contributed by atoms with van der Waals surface area (Å²) in [6, 6.07) is 3.16. The van der Waals surface area contributed by atoms with Crippen molar-refractivity contribution in [3.8, 4) is 11.5 Å². The van der Waals surface area contributed by atoms with Crippen molar-refractivity contribution in [2.75, 3.05) is 6.61 Å². The molecule has 1 aromatic rings. The lowest BCUT2D eigenvalue weighted by Crippen LogP contribution is -2.13. The van der Waals surface area contributed by atoms with E-state index in [1.54, 1.807) is 19.1 Å². The Balaban J connectivity index is 3.22. The van der Waals surface area contributed by atoms with Gasteiger partial charge in [0.2, 0.25) is 0 Å². The Labute approximate surface area is 125 Å². The minimum absolute atomic E-state index is 0.0422. The fourth-order valence-corrected chi connectivity index (χ4v) is 1.80. The van der Waals surface area contributed by atoms with Crippen LogP contribution < -0.4 is 9.47 Å². The molecule has 0 fully saturated rings. The predicted octanol–water partition coefficient (Wildman–Crippen LogP) is 4.09. The third-order valence-corrected chi connectivity index (χ3v) is 2.55. The minimum atomic E-state index is -0.451. The number of halogens is 1. The lowest BCUT2D eigenvalue weighted by atomic mass is 10.2. The molecule has 0 atom stereocenters. The summed E-state index contributed by atoms with van der Waals surface area (Å²) in [6.45, 7) is 9.58. The Morgan fingerprint density at radius 1 is 1.10 bits per heavy atom. The van der Waals surface area contributed by atoms with Crippen molar-refractivity contribution >= 4 is 17.6 Å². The van der Waals surface area contributed by atoms with Crippen LogP contribution in [0, 0.1) is 0 Å². The molecule has 0 amide bonds. The molecule has 0 saturated carbocycles. The van der Waals surface area contributed by atoms with E-state index in [1.165, 1.54) is 0 Å². The van der Waals surface area contributed by atoms with E-state index in [0.717, 1.165) is 0 Å². The zero-order valence-electron chi connectivity index (χ0n) is 12.5. The molecular formula is C15H21ClO4. The summed E-state index contributed by atoms with van der Waals surface area (Å²) in [5.41, 5.74) is 0.320. The van der Waals surface area contributed by atoms with E-state index in [9.17, 15) is 4.79 Å². The highest BCUT2D eigenvalue weighted by Gasteiger charge is 2.19. The molecule has 4 nitrogen and oxygen atoms in total. The topological polar surface area (TPSA) is 44.8 Å². The van der Waals surface area contributed by atoms with Crippen LogP contribution in [0.3, 0.4) is 0 Å². The summed E-state index contributed by atoms with van der Waals surface area (Å²) in [5.74, 6) is 0.397. The van der Waals surface area contributed by atoms with Crippen LogP contribution in [-0.4, -0.2) is 24.8 Å². The van der Waals surface area contributed by atoms with E-state index >= 15 is 0 Å². The van der Waals surface area contributed by atoms with E-state index in [0.29, 0.717) is 28.7 Å². The molecule has 0 aliphatic carbocycles. The van der Waals surface area contributed by atoms with Gasteiger partial charge in [0, 0.05) is 6.07 Å². The van der Waals surface area contributed by atoms with Crippen molar-refractivity contribution in [1.82, 2.24) is 0 Å². The van der Waals surface area contributed by atoms with Crippen LogP contribution in [0.15, 0.2) is 12.1 Å². The Morgan fingerprint density at radius 3 is 2.15 bits per heavy atom. The number of hydrogen-bond donors (Lipinski definition) is 0. The van der Waals surface area contributed by atoms with Gasteiger partial charge in [0.05, 0.1) is 23.8 Å². The van der Waals surface area contributed by atoms with Crippen LogP contribution in [0.1, 0.15) is 45.0 Å². The summed E-state index contributed by atoms with van der Waals surface area (Å²) in [4.78, 5) is 12.0. The van der Waals surface area contributed by atoms with Gasteiger partial charge < -0.3 is 14.2 Å². The Kier molecular flexibility index (Phi) is 6.14. The molecule has 0 radical (unpaired) electrons. The molecule has 0 spiro atoms. The number of ether oxygens (including phenoxy) is 3. The lowest BCUT2D eigenvalue weighted by Gasteiger charge is -2.17. The van der Waals surface area contributed by atoms with Crippen molar-refractivity contribution in [3.05, 3.63) is 22.7 Å². The largest absolute Gasteiger partial charge is 0.490 e. The van der Waals surface area contributed by atoms with Gasteiger partial charge in [0.25, 0.3) is 0 Å². The molecule has 0 aliphatic rings. The number of benzene rings is 1. The molecule has 0 heterocycles. The fourth-order valence-electron chi connectivity index (χ4n) is 1.60. The van der Waals surface area contributed by atoms with Crippen LogP contribution in [0.25, 0.3) is 0 Å². The van der Waals surface area contributed by atoms with Gasteiger partial charge in [-0.15, -0.1) is 0 Å². The highest BCUT2D eigenvalue weighted by Crippen LogP contribution is 2.34. The van der Waals surface area contributed by atoms with E-state index < -0.39 is 5.97 Å². The fraction of sp³-hybridized carbons (Fsp3) is 0.533. The predicted molar refractivity (Wildman–Crippen MR) is 78.9 cm³/mol.